The number of fused-ring (bicyclic) bond motifs is 1. The van der Waals surface area contributed by atoms with Gasteiger partial charge in [0.1, 0.15) is 0 Å². The molecule has 2 aromatic carbocycles. The number of hydrogen-bond donors (Lipinski definition) is 2. The van der Waals surface area contributed by atoms with Gasteiger partial charge in [0.25, 0.3) is 10.0 Å². The number of rotatable bonds is 4. The summed E-state index contributed by atoms with van der Waals surface area (Å²) < 4.78 is 27.7. The third kappa shape index (κ3) is 3.74. The largest absolute Gasteiger partial charge is 0.324 e. The predicted octanol–water partition coefficient (Wildman–Crippen LogP) is 4.53. The molecule has 2 N–H and O–H groups in total. The highest BCUT2D eigenvalue weighted by Gasteiger charge is 2.29. The van der Waals surface area contributed by atoms with Gasteiger partial charge in [-0.3, -0.25) is 9.62 Å². The molecule has 0 saturated heterocycles. The second-order valence-electron chi connectivity index (χ2n) is 6.39. The zero-order valence-electron chi connectivity index (χ0n) is 15.0. The number of hydrogen-bond acceptors (Lipinski definition) is 4. The number of amides is 2. The summed E-state index contributed by atoms with van der Waals surface area (Å²) >= 11 is 1.43. The molecule has 2 amide bonds. The van der Waals surface area contributed by atoms with Crippen molar-refractivity contribution < 1.29 is 13.2 Å². The van der Waals surface area contributed by atoms with Crippen LogP contribution in [0.4, 0.5) is 21.2 Å². The molecule has 144 valence electrons. The summed E-state index contributed by atoms with van der Waals surface area (Å²) in [6.45, 7) is 0.412. The average Bonchev–Trinajstić information content (AvgIpc) is 3.21. The lowest BCUT2D eigenvalue weighted by Crippen LogP contribution is -2.35. The Labute approximate surface area is 167 Å². The molecule has 0 bridgehead atoms. The van der Waals surface area contributed by atoms with Crippen LogP contribution in [0, 0.1) is 0 Å². The van der Waals surface area contributed by atoms with Crippen molar-refractivity contribution in [2.75, 3.05) is 21.5 Å². The molecule has 8 heteroatoms. The summed E-state index contributed by atoms with van der Waals surface area (Å²) in [4.78, 5) is 12.5. The zero-order chi connectivity index (χ0) is 19.6. The summed E-state index contributed by atoms with van der Waals surface area (Å²) in [5.41, 5.74) is 2.11. The number of benzene rings is 2. The molecule has 0 unspecified atom stereocenters. The minimum atomic E-state index is -3.66. The van der Waals surface area contributed by atoms with E-state index in [0.29, 0.717) is 17.9 Å². The summed E-state index contributed by atoms with van der Waals surface area (Å²) in [6.07, 6.45) is 1.56. The van der Waals surface area contributed by atoms with Gasteiger partial charge >= 0.3 is 6.03 Å². The van der Waals surface area contributed by atoms with Gasteiger partial charge in [-0.05, 0) is 60.2 Å². The number of urea groups is 1. The van der Waals surface area contributed by atoms with E-state index in [1.54, 1.807) is 42.5 Å². The number of nitrogens with zero attached hydrogens (tertiary/aromatic N) is 1. The van der Waals surface area contributed by atoms with Crippen LogP contribution in [-0.4, -0.2) is 21.0 Å². The average molecular weight is 414 g/mol. The third-order valence-corrected chi connectivity index (χ3v) is 7.12. The van der Waals surface area contributed by atoms with Gasteiger partial charge < -0.3 is 5.32 Å². The van der Waals surface area contributed by atoms with E-state index in [1.807, 2.05) is 23.6 Å². The smallest absolute Gasteiger partial charge is 0.308 e. The number of carbonyl (C=O) groups excluding carboxylic acids is 1. The first-order valence-electron chi connectivity index (χ1n) is 8.86. The quantitative estimate of drug-likeness (QED) is 0.659. The van der Waals surface area contributed by atoms with Crippen LogP contribution in [0.1, 0.15) is 12.0 Å². The lowest BCUT2D eigenvalue weighted by molar-refractivity contribution is 0.262. The van der Waals surface area contributed by atoms with Crippen molar-refractivity contribution in [1.82, 2.24) is 0 Å². The number of anilines is 3. The van der Waals surface area contributed by atoms with Crippen LogP contribution in [0.2, 0.25) is 0 Å². The second-order valence-corrected chi connectivity index (χ2v) is 9.20. The fourth-order valence-corrected chi connectivity index (χ4v) is 5.38. The Hall–Kier alpha value is -2.84. The Morgan fingerprint density at radius 3 is 2.57 bits per heavy atom. The summed E-state index contributed by atoms with van der Waals surface area (Å²) in [7, 11) is -3.66. The van der Waals surface area contributed by atoms with Crippen molar-refractivity contribution in [3.8, 4) is 0 Å². The molecule has 1 aliphatic heterocycles. The van der Waals surface area contributed by atoms with Gasteiger partial charge in [0.2, 0.25) is 0 Å². The first kappa shape index (κ1) is 18.5. The Morgan fingerprint density at radius 1 is 1.00 bits per heavy atom. The number of thiophene rings is 1. The normalized spacial score (nSPS) is 13.6. The lowest BCUT2D eigenvalue weighted by Gasteiger charge is -2.31. The molecule has 3 aromatic rings. The van der Waals surface area contributed by atoms with Gasteiger partial charge in [0, 0.05) is 12.2 Å². The van der Waals surface area contributed by atoms with Crippen LogP contribution < -0.4 is 14.9 Å². The van der Waals surface area contributed by atoms with Crippen molar-refractivity contribution in [2.24, 2.45) is 0 Å². The number of aryl methyl sites for hydroxylation is 1. The number of sulfonamides is 1. The maximum Gasteiger partial charge on any atom is 0.324 e. The second kappa shape index (κ2) is 7.65. The number of carbonyl (C=O) groups is 1. The van der Waals surface area contributed by atoms with Crippen molar-refractivity contribution in [3.63, 3.8) is 0 Å². The molecule has 0 atom stereocenters. The first-order valence-corrected chi connectivity index (χ1v) is 11.2. The Kier molecular flexibility index (Phi) is 5.06. The highest BCUT2D eigenvalue weighted by Crippen LogP contribution is 2.34. The van der Waals surface area contributed by atoms with E-state index in [0.717, 1.165) is 23.4 Å². The maximum absolute atomic E-state index is 13.1. The molecular weight excluding hydrogens is 394 g/mol. The van der Waals surface area contributed by atoms with Crippen LogP contribution in [0.15, 0.2) is 70.9 Å². The fourth-order valence-electron chi connectivity index (χ4n) is 3.21. The molecular formula is C20H19N3O3S2. The van der Waals surface area contributed by atoms with Crippen LogP contribution in [0.3, 0.4) is 0 Å². The van der Waals surface area contributed by atoms with E-state index in [9.17, 15) is 13.2 Å². The molecule has 0 fully saturated rings. The third-order valence-electron chi connectivity index (χ3n) is 4.51. The molecule has 1 aromatic heterocycles. The van der Waals surface area contributed by atoms with Gasteiger partial charge in [0.15, 0.2) is 0 Å². The fraction of sp³-hybridized carbons (Fsp3) is 0.150. The summed E-state index contributed by atoms with van der Waals surface area (Å²) in [6, 6.07) is 17.1. The predicted molar refractivity (Wildman–Crippen MR) is 113 cm³/mol. The van der Waals surface area contributed by atoms with Crippen molar-refractivity contribution >= 4 is 43.8 Å². The zero-order valence-corrected chi connectivity index (χ0v) is 16.6. The highest BCUT2D eigenvalue weighted by atomic mass is 32.2. The van der Waals surface area contributed by atoms with Gasteiger partial charge in [-0.25, -0.2) is 13.2 Å². The molecule has 6 nitrogen and oxygen atoms in total. The summed E-state index contributed by atoms with van der Waals surface area (Å²) in [5, 5.41) is 8.15. The Morgan fingerprint density at radius 2 is 1.82 bits per heavy atom. The molecule has 28 heavy (non-hydrogen) atoms. The van der Waals surface area contributed by atoms with E-state index >= 15 is 0 Å². The van der Waals surface area contributed by atoms with Crippen molar-refractivity contribution in [3.05, 3.63) is 71.6 Å². The van der Waals surface area contributed by atoms with Crippen LogP contribution in [0.25, 0.3) is 0 Å². The lowest BCUT2D eigenvalue weighted by atomic mass is 10.0. The first-order chi connectivity index (χ1) is 13.5. The van der Waals surface area contributed by atoms with Gasteiger partial charge in [-0.1, -0.05) is 24.3 Å². The summed E-state index contributed by atoms with van der Waals surface area (Å²) in [5.74, 6) is 0. The Bertz CT molecular complexity index is 1080. The molecule has 0 aliphatic carbocycles. The van der Waals surface area contributed by atoms with E-state index in [1.165, 1.54) is 15.6 Å². The Balaban J connectivity index is 1.61. The van der Waals surface area contributed by atoms with Gasteiger partial charge in [-0.15, -0.1) is 11.3 Å². The standard InChI is InChI=1S/C20H19N3O3S2/c24-20(22-19-9-5-13-27-19)21-16-11-10-15-6-4-12-23(18(15)14-16)28(25,26)17-7-2-1-3-8-17/h1-3,5,7-11,13-14H,4,6,12H2,(H2,21,22,24). The van der Waals surface area contributed by atoms with E-state index < -0.39 is 10.0 Å². The van der Waals surface area contributed by atoms with Crippen LogP contribution in [0.5, 0.6) is 0 Å². The van der Waals surface area contributed by atoms with E-state index in [4.69, 9.17) is 0 Å². The van der Waals surface area contributed by atoms with Crippen LogP contribution in [-0.2, 0) is 16.4 Å². The topological polar surface area (TPSA) is 78.5 Å². The van der Waals surface area contributed by atoms with Crippen molar-refractivity contribution in [1.29, 1.82) is 0 Å². The molecule has 0 radical (unpaired) electrons. The molecule has 0 saturated carbocycles. The molecule has 1 aliphatic rings. The minimum absolute atomic E-state index is 0.261. The number of nitrogens with one attached hydrogen (secondary N) is 2. The van der Waals surface area contributed by atoms with Crippen LogP contribution >= 0.6 is 11.3 Å². The van der Waals surface area contributed by atoms with Gasteiger partial charge in [-0.2, -0.15) is 0 Å². The van der Waals surface area contributed by atoms with E-state index in [-0.39, 0.29) is 10.9 Å². The monoisotopic (exact) mass is 413 g/mol. The highest BCUT2D eigenvalue weighted by molar-refractivity contribution is 7.92. The maximum atomic E-state index is 13.1. The van der Waals surface area contributed by atoms with Gasteiger partial charge in [0.05, 0.1) is 15.6 Å². The van der Waals surface area contributed by atoms with Crippen molar-refractivity contribution in [2.45, 2.75) is 17.7 Å². The van der Waals surface area contributed by atoms with E-state index in [2.05, 4.69) is 10.6 Å². The molecule has 4 rings (SSSR count). The SMILES string of the molecule is O=C(Nc1ccc2c(c1)N(S(=O)(=O)c1ccccc1)CCC2)Nc1cccs1. The minimum Gasteiger partial charge on any atom is -0.308 e. The molecule has 2 heterocycles. The molecule has 0 spiro atoms.